The van der Waals surface area contributed by atoms with Gasteiger partial charge in [0, 0.05) is 6.20 Å². The van der Waals surface area contributed by atoms with Crippen molar-refractivity contribution in [1.82, 2.24) is 4.98 Å². The van der Waals surface area contributed by atoms with Crippen molar-refractivity contribution in [3.05, 3.63) is 23.9 Å². The summed E-state index contributed by atoms with van der Waals surface area (Å²) in [4.78, 5) is 39.1. The van der Waals surface area contributed by atoms with Crippen LogP contribution in [0.5, 0.6) is 0 Å². The van der Waals surface area contributed by atoms with Crippen molar-refractivity contribution >= 4 is 23.8 Å². The predicted molar refractivity (Wildman–Crippen MR) is 94.8 cm³/mol. The molecule has 1 aromatic heterocycles. The SMILES string of the molecule is CCC(C)OC(=O)C(Cc1ccc(NC(=O)OC(C)(C)C)nc1)C(=O)O. The van der Waals surface area contributed by atoms with Crippen LogP contribution in [0.15, 0.2) is 18.3 Å². The van der Waals surface area contributed by atoms with E-state index in [1.807, 2.05) is 6.92 Å². The molecule has 2 unspecified atom stereocenters. The predicted octanol–water partition coefficient (Wildman–Crippen LogP) is 3.01. The van der Waals surface area contributed by atoms with E-state index in [2.05, 4.69) is 10.3 Å². The normalized spacial score (nSPS) is 13.4. The molecule has 2 atom stereocenters. The van der Waals surface area contributed by atoms with Crippen molar-refractivity contribution in [1.29, 1.82) is 0 Å². The number of anilines is 1. The van der Waals surface area contributed by atoms with Crippen LogP contribution in [-0.4, -0.2) is 39.8 Å². The van der Waals surface area contributed by atoms with Gasteiger partial charge in [0.1, 0.15) is 11.4 Å². The Balaban J connectivity index is 2.73. The van der Waals surface area contributed by atoms with E-state index in [0.717, 1.165) is 0 Å². The summed E-state index contributed by atoms with van der Waals surface area (Å²) < 4.78 is 10.2. The smallest absolute Gasteiger partial charge is 0.413 e. The molecule has 0 aromatic carbocycles. The van der Waals surface area contributed by atoms with Gasteiger partial charge in [0.05, 0.1) is 6.10 Å². The molecule has 1 amide bonds. The molecule has 0 aliphatic carbocycles. The highest BCUT2D eigenvalue weighted by molar-refractivity contribution is 5.94. The first-order valence-corrected chi connectivity index (χ1v) is 8.40. The van der Waals surface area contributed by atoms with E-state index >= 15 is 0 Å². The van der Waals surface area contributed by atoms with Crippen LogP contribution in [0.1, 0.15) is 46.6 Å². The fourth-order valence-corrected chi connectivity index (χ4v) is 1.90. The molecule has 0 radical (unpaired) electrons. The number of ether oxygens (including phenoxy) is 2. The minimum atomic E-state index is -1.31. The van der Waals surface area contributed by atoms with Crippen LogP contribution >= 0.6 is 0 Å². The fraction of sp³-hybridized carbons (Fsp3) is 0.556. The van der Waals surface area contributed by atoms with Gasteiger partial charge in [-0.15, -0.1) is 0 Å². The number of hydrogen-bond acceptors (Lipinski definition) is 6. The second kappa shape index (κ2) is 9.17. The Bertz CT molecular complexity index is 636. The Morgan fingerprint density at radius 1 is 1.27 bits per heavy atom. The summed E-state index contributed by atoms with van der Waals surface area (Å²) >= 11 is 0. The largest absolute Gasteiger partial charge is 0.481 e. The zero-order valence-electron chi connectivity index (χ0n) is 15.7. The molecular weight excluding hydrogens is 340 g/mol. The standard InChI is InChI=1S/C18H26N2O6/c1-6-11(2)25-16(23)13(15(21)22)9-12-7-8-14(19-10-12)20-17(24)26-18(3,4)5/h7-8,10-11,13H,6,9H2,1-5H3,(H,21,22)(H,19,20,24). The van der Waals surface area contributed by atoms with Gasteiger partial charge in [0.2, 0.25) is 0 Å². The lowest BCUT2D eigenvalue weighted by molar-refractivity contribution is -0.161. The van der Waals surface area contributed by atoms with Gasteiger partial charge < -0.3 is 14.6 Å². The molecule has 0 fully saturated rings. The molecule has 0 spiro atoms. The van der Waals surface area contributed by atoms with Gasteiger partial charge in [-0.25, -0.2) is 9.78 Å². The first-order chi connectivity index (χ1) is 12.0. The van der Waals surface area contributed by atoms with Gasteiger partial charge in [-0.1, -0.05) is 13.0 Å². The van der Waals surface area contributed by atoms with Crippen molar-refractivity contribution in [2.45, 2.75) is 59.2 Å². The number of hydrogen-bond donors (Lipinski definition) is 2. The van der Waals surface area contributed by atoms with Gasteiger partial charge in [-0.2, -0.15) is 0 Å². The fourth-order valence-electron chi connectivity index (χ4n) is 1.90. The second-order valence-electron chi connectivity index (χ2n) is 6.93. The third-order valence-electron chi connectivity index (χ3n) is 3.37. The second-order valence-corrected chi connectivity index (χ2v) is 6.93. The van der Waals surface area contributed by atoms with Crippen LogP contribution in [0.3, 0.4) is 0 Å². The summed E-state index contributed by atoms with van der Waals surface area (Å²) in [6.45, 7) is 8.78. The highest BCUT2D eigenvalue weighted by Crippen LogP contribution is 2.15. The molecule has 8 heteroatoms. The van der Waals surface area contributed by atoms with E-state index in [-0.39, 0.29) is 18.3 Å². The first-order valence-electron chi connectivity index (χ1n) is 8.40. The van der Waals surface area contributed by atoms with E-state index < -0.39 is 29.6 Å². The van der Waals surface area contributed by atoms with Gasteiger partial charge in [0.25, 0.3) is 0 Å². The summed E-state index contributed by atoms with van der Waals surface area (Å²) in [5, 5.41) is 11.8. The molecule has 1 rings (SSSR count). The minimum absolute atomic E-state index is 0.0513. The number of carbonyl (C=O) groups is 3. The van der Waals surface area contributed by atoms with E-state index in [0.29, 0.717) is 12.0 Å². The summed E-state index contributed by atoms with van der Waals surface area (Å²) in [5.41, 5.74) is -0.0948. The highest BCUT2D eigenvalue weighted by Gasteiger charge is 2.29. The van der Waals surface area contributed by atoms with Crippen molar-refractivity contribution < 1.29 is 29.0 Å². The van der Waals surface area contributed by atoms with Gasteiger partial charge in [-0.3, -0.25) is 14.9 Å². The summed E-state index contributed by atoms with van der Waals surface area (Å²) in [6, 6.07) is 3.10. The van der Waals surface area contributed by atoms with Crippen LogP contribution in [-0.2, 0) is 25.5 Å². The molecule has 0 saturated heterocycles. The van der Waals surface area contributed by atoms with Gasteiger partial charge in [-0.05, 0) is 52.2 Å². The van der Waals surface area contributed by atoms with E-state index in [1.54, 1.807) is 33.8 Å². The zero-order valence-corrected chi connectivity index (χ0v) is 15.7. The quantitative estimate of drug-likeness (QED) is 0.563. The molecule has 0 bridgehead atoms. The minimum Gasteiger partial charge on any atom is -0.481 e. The molecule has 144 valence electrons. The Labute approximate surface area is 152 Å². The number of carboxylic acids is 1. The maximum Gasteiger partial charge on any atom is 0.413 e. The third-order valence-corrected chi connectivity index (χ3v) is 3.37. The molecule has 1 aromatic rings. The molecule has 0 aliphatic heterocycles. The van der Waals surface area contributed by atoms with E-state index in [1.165, 1.54) is 12.3 Å². The lowest BCUT2D eigenvalue weighted by Crippen LogP contribution is -2.30. The molecule has 0 saturated carbocycles. The number of amides is 1. The number of aromatic nitrogens is 1. The zero-order chi connectivity index (χ0) is 19.9. The molecule has 26 heavy (non-hydrogen) atoms. The average molecular weight is 366 g/mol. The molecular formula is C18H26N2O6. The number of aliphatic carboxylic acids is 1. The average Bonchev–Trinajstić information content (AvgIpc) is 2.51. The Morgan fingerprint density at radius 3 is 2.38 bits per heavy atom. The lowest BCUT2D eigenvalue weighted by atomic mass is 10.0. The van der Waals surface area contributed by atoms with Crippen LogP contribution in [0, 0.1) is 5.92 Å². The van der Waals surface area contributed by atoms with Crippen molar-refractivity contribution in [2.75, 3.05) is 5.32 Å². The monoisotopic (exact) mass is 366 g/mol. The number of esters is 1. The maximum atomic E-state index is 12.0. The Morgan fingerprint density at radius 2 is 1.92 bits per heavy atom. The van der Waals surface area contributed by atoms with Gasteiger partial charge in [0.15, 0.2) is 5.92 Å². The molecule has 1 heterocycles. The first kappa shape index (κ1) is 21.4. The maximum absolute atomic E-state index is 12.0. The van der Waals surface area contributed by atoms with Crippen molar-refractivity contribution in [3.63, 3.8) is 0 Å². The van der Waals surface area contributed by atoms with E-state index in [9.17, 15) is 19.5 Å². The summed E-state index contributed by atoms with van der Waals surface area (Å²) in [5.74, 6) is -3.08. The van der Waals surface area contributed by atoms with Crippen molar-refractivity contribution in [3.8, 4) is 0 Å². The number of carbonyl (C=O) groups excluding carboxylic acids is 2. The van der Waals surface area contributed by atoms with E-state index in [4.69, 9.17) is 9.47 Å². The van der Waals surface area contributed by atoms with Gasteiger partial charge >= 0.3 is 18.0 Å². The number of nitrogens with one attached hydrogen (secondary N) is 1. The summed E-state index contributed by atoms with van der Waals surface area (Å²) in [6.07, 6.45) is 0.968. The Kier molecular flexibility index (Phi) is 7.55. The van der Waals surface area contributed by atoms with Crippen LogP contribution < -0.4 is 5.32 Å². The number of carboxylic acid groups (broad SMARTS) is 1. The van der Waals surface area contributed by atoms with Crippen molar-refractivity contribution in [2.24, 2.45) is 5.92 Å². The van der Waals surface area contributed by atoms with Crippen LogP contribution in [0.25, 0.3) is 0 Å². The lowest BCUT2D eigenvalue weighted by Gasteiger charge is -2.19. The number of rotatable bonds is 7. The topological polar surface area (TPSA) is 115 Å². The number of pyridine rings is 1. The number of nitrogens with zero attached hydrogens (tertiary/aromatic N) is 1. The Hall–Kier alpha value is -2.64. The van der Waals surface area contributed by atoms with Crippen LogP contribution in [0.4, 0.5) is 10.6 Å². The van der Waals surface area contributed by atoms with Crippen LogP contribution in [0.2, 0.25) is 0 Å². The molecule has 8 nitrogen and oxygen atoms in total. The third kappa shape index (κ3) is 7.50. The molecule has 0 aliphatic rings. The summed E-state index contributed by atoms with van der Waals surface area (Å²) in [7, 11) is 0. The highest BCUT2D eigenvalue weighted by atomic mass is 16.6. The molecule has 2 N–H and O–H groups in total.